The number of anilines is 1. The van der Waals surface area contributed by atoms with Crippen LogP contribution in [0.3, 0.4) is 0 Å². The topological polar surface area (TPSA) is 38.3 Å². The molecule has 0 saturated heterocycles. The van der Waals surface area contributed by atoms with E-state index in [2.05, 4.69) is 37.2 Å². The van der Waals surface area contributed by atoms with Crippen molar-refractivity contribution < 1.29 is 13.9 Å². The molecule has 0 spiro atoms. The van der Waals surface area contributed by atoms with Gasteiger partial charge in [-0.3, -0.25) is 4.79 Å². The van der Waals surface area contributed by atoms with Crippen LogP contribution >= 0.6 is 31.9 Å². The number of carbonyl (C=O) groups excluding carboxylic acids is 1. The summed E-state index contributed by atoms with van der Waals surface area (Å²) in [5.41, 5.74) is 0.666. The van der Waals surface area contributed by atoms with Crippen molar-refractivity contribution in [2.24, 2.45) is 0 Å². The summed E-state index contributed by atoms with van der Waals surface area (Å²) in [6.45, 7) is -0.161. The molecule has 2 rings (SSSR count). The van der Waals surface area contributed by atoms with E-state index < -0.39 is 0 Å². The molecular formula is C14H10Br2FNO2. The molecule has 0 aromatic heterocycles. The second kappa shape index (κ2) is 6.85. The van der Waals surface area contributed by atoms with E-state index in [1.54, 1.807) is 6.07 Å². The highest BCUT2D eigenvalue weighted by Crippen LogP contribution is 2.25. The van der Waals surface area contributed by atoms with Crippen molar-refractivity contribution in [3.63, 3.8) is 0 Å². The van der Waals surface area contributed by atoms with Crippen LogP contribution in [0.15, 0.2) is 51.4 Å². The van der Waals surface area contributed by atoms with Crippen LogP contribution in [0, 0.1) is 5.82 Å². The Balaban J connectivity index is 1.94. The van der Waals surface area contributed by atoms with E-state index >= 15 is 0 Å². The highest BCUT2D eigenvalue weighted by molar-refractivity contribution is 9.11. The Hall–Kier alpha value is -1.40. The molecule has 0 atom stereocenters. The van der Waals surface area contributed by atoms with Crippen molar-refractivity contribution in [1.29, 1.82) is 0 Å². The molecule has 0 heterocycles. The molecule has 0 bridgehead atoms. The Morgan fingerprint density at radius 3 is 2.60 bits per heavy atom. The first kappa shape index (κ1) is 15.0. The molecule has 6 heteroatoms. The summed E-state index contributed by atoms with van der Waals surface area (Å²) in [6, 6.07) is 11.3. The summed E-state index contributed by atoms with van der Waals surface area (Å²) in [7, 11) is 0. The molecule has 0 radical (unpaired) electrons. The molecule has 0 aliphatic carbocycles. The van der Waals surface area contributed by atoms with Gasteiger partial charge in [-0.2, -0.15) is 0 Å². The SMILES string of the molecule is O=C(COc1ccc(F)cc1Br)Nc1ccccc1Br. The molecular weight excluding hydrogens is 393 g/mol. The molecule has 0 unspecified atom stereocenters. The van der Waals surface area contributed by atoms with Crippen molar-refractivity contribution in [3.05, 3.63) is 57.2 Å². The van der Waals surface area contributed by atoms with E-state index in [0.29, 0.717) is 15.9 Å². The van der Waals surface area contributed by atoms with Crippen LogP contribution in [0.4, 0.5) is 10.1 Å². The van der Waals surface area contributed by atoms with Crippen LogP contribution in [0.1, 0.15) is 0 Å². The van der Waals surface area contributed by atoms with Crippen molar-refractivity contribution in [1.82, 2.24) is 0 Å². The predicted octanol–water partition coefficient (Wildman–Crippen LogP) is 4.37. The van der Waals surface area contributed by atoms with Gasteiger partial charge in [-0.05, 0) is 62.2 Å². The van der Waals surface area contributed by atoms with E-state index in [1.165, 1.54) is 18.2 Å². The zero-order chi connectivity index (χ0) is 14.5. The fourth-order valence-electron chi connectivity index (χ4n) is 1.48. The Labute approximate surface area is 132 Å². The smallest absolute Gasteiger partial charge is 0.262 e. The lowest BCUT2D eigenvalue weighted by Gasteiger charge is -2.09. The number of para-hydroxylation sites is 1. The quantitative estimate of drug-likeness (QED) is 0.824. The number of nitrogens with one attached hydrogen (secondary N) is 1. The second-order valence-corrected chi connectivity index (χ2v) is 5.60. The third kappa shape index (κ3) is 4.05. The van der Waals surface area contributed by atoms with Gasteiger partial charge in [0.2, 0.25) is 0 Å². The van der Waals surface area contributed by atoms with Gasteiger partial charge in [-0.15, -0.1) is 0 Å². The number of benzene rings is 2. The van der Waals surface area contributed by atoms with Gasteiger partial charge < -0.3 is 10.1 Å². The maximum atomic E-state index is 12.9. The minimum atomic E-state index is -0.373. The monoisotopic (exact) mass is 401 g/mol. The lowest BCUT2D eigenvalue weighted by atomic mass is 10.3. The number of rotatable bonds is 4. The van der Waals surface area contributed by atoms with Crippen LogP contribution in [-0.2, 0) is 4.79 Å². The van der Waals surface area contributed by atoms with Crippen molar-refractivity contribution in [2.75, 3.05) is 11.9 Å². The molecule has 0 aliphatic rings. The van der Waals surface area contributed by atoms with Gasteiger partial charge in [0.1, 0.15) is 11.6 Å². The average Bonchev–Trinajstić information content (AvgIpc) is 2.40. The first-order valence-electron chi connectivity index (χ1n) is 5.68. The fourth-order valence-corrected chi connectivity index (χ4v) is 2.33. The van der Waals surface area contributed by atoms with Crippen LogP contribution in [0.2, 0.25) is 0 Å². The summed E-state index contributed by atoms with van der Waals surface area (Å²) >= 11 is 6.51. The van der Waals surface area contributed by atoms with Gasteiger partial charge in [0.15, 0.2) is 6.61 Å². The first-order valence-corrected chi connectivity index (χ1v) is 7.27. The number of ether oxygens (including phenoxy) is 1. The zero-order valence-corrected chi connectivity index (χ0v) is 13.4. The molecule has 1 N–H and O–H groups in total. The van der Waals surface area contributed by atoms with E-state index in [1.807, 2.05) is 18.2 Å². The number of hydrogen-bond donors (Lipinski definition) is 1. The summed E-state index contributed by atoms with van der Waals surface area (Å²) in [5.74, 6) is -0.260. The highest BCUT2D eigenvalue weighted by Gasteiger charge is 2.08. The van der Waals surface area contributed by atoms with Crippen molar-refractivity contribution in [3.8, 4) is 5.75 Å². The summed E-state index contributed by atoms with van der Waals surface area (Å²) in [5, 5.41) is 2.71. The maximum Gasteiger partial charge on any atom is 0.262 e. The van der Waals surface area contributed by atoms with Gasteiger partial charge in [-0.25, -0.2) is 4.39 Å². The molecule has 0 saturated carbocycles. The Kier molecular flexibility index (Phi) is 5.14. The summed E-state index contributed by atoms with van der Waals surface area (Å²) in [6.07, 6.45) is 0. The van der Waals surface area contributed by atoms with E-state index in [9.17, 15) is 9.18 Å². The molecule has 0 aliphatic heterocycles. The second-order valence-electron chi connectivity index (χ2n) is 3.89. The maximum absolute atomic E-state index is 12.9. The molecule has 3 nitrogen and oxygen atoms in total. The fraction of sp³-hybridized carbons (Fsp3) is 0.0714. The molecule has 2 aromatic rings. The van der Waals surface area contributed by atoms with Gasteiger partial charge in [0, 0.05) is 4.47 Å². The van der Waals surface area contributed by atoms with Gasteiger partial charge in [-0.1, -0.05) is 12.1 Å². The van der Waals surface area contributed by atoms with E-state index in [4.69, 9.17) is 4.74 Å². The van der Waals surface area contributed by atoms with Crippen LogP contribution in [0.5, 0.6) is 5.75 Å². The Morgan fingerprint density at radius 2 is 1.90 bits per heavy atom. The van der Waals surface area contributed by atoms with Crippen molar-refractivity contribution >= 4 is 43.5 Å². The molecule has 104 valence electrons. The molecule has 2 aromatic carbocycles. The number of amides is 1. The largest absolute Gasteiger partial charge is 0.483 e. The third-order valence-corrected chi connectivity index (χ3v) is 3.71. The van der Waals surface area contributed by atoms with Gasteiger partial charge >= 0.3 is 0 Å². The Bertz CT molecular complexity index is 634. The average molecular weight is 403 g/mol. The molecule has 0 fully saturated rings. The van der Waals surface area contributed by atoms with E-state index in [0.717, 1.165) is 4.47 Å². The Morgan fingerprint density at radius 1 is 1.15 bits per heavy atom. The molecule has 1 amide bonds. The number of carbonyl (C=O) groups is 1. The minimum Gasteiger partial charge on any atom is -0.483 e. The predicted molar refractivity (Wildman–Crippen MR) is 82.4 cm³/mol. The third-order valence-electron chi connectivity index (χ3n) is 2.40. The summed E-state index contributed by atoms with van der Waals surface area (Å²) in [4.78, 5) is 11.8. The highest BCUT2D eigenvalue weighted by atomic mass is 79.9. The lowest BCUT2D eigenvalue weighted by molar-refractivity contribution is -0.118. The van der Waals surface area contributed by atoms with Gasteiger partial charge in [0.25, 0.3) is 5.91 Å². The number of hydrogen-bond acceptors (Lipinski definition) is 2. The normalized spacial score (nSPS) is 10.2. The van der Waals surface area contributed by atoms with Gasteiger partial charge in [0.05, 0.1) is 10.2 Å². The standard InChI is InChI=1S/C14H10Br2FNO2/c15-10-3-1-2-4-12(10)18-14(19)8-20-13-6-5-9(17)7-11(13)16/h1-7H,8H2,(H,18,19). The molecule has 20 heavy (non-hydrogen) atoms. The van der Waals surface area contributed by atoms with E-state index in [-0.39, 0.29) is 18.3 Å². The lowest BCUT2D eigenvalue weighted by Crippen LogP contribution is -2.20. The van der Waals surface area contributed by atoms with Crippen LogP contribution in [-0.4, -0.2) is 12.5 Å². The first-order chi connectivity index (χ1) is 9.56. The number of halogens is 3. The van der Waals surface area contributed by atoms with Crippen LogP contribution < -0.4 is 10.1 Å². The zero-order valence-electron chi connectivity index (χ0n) is 10.2. The van der Waals surface area contributed by atoms with Crippen molar-refractivity contribution in [2.45, 2.75) is 0 Å². The summed E-state index contributed by atoms with van der Waals surface area (Å²) < 4.78 is 19.5. The van der Waals surface area contributed by atoms with Crippen LogP contribution in [0.25, 0.3) is 0 Å². The minimum absolute atomic E-state index is 0.161.